The van der Waals surface area contributed by atoms with E-state index < -0.39 is 79.0 Å². The zero-order valence-corrected chi connectivity index (χ0v) is 20.9. The Morgan fingerprint density at radius 2 is 1.38 bits per heavy atom. The molecule has 0 aliphatic rings. The number of aliphatic imine (C=N–C) groups is 1. The van der Waals surface area contributed by atoms with E-state index in [4.69, 9.17) is 28.0 Å². The number of amides is 4. The van der Waals surface area contributed by atoms with Crippen LogP contribution in [0.1, 0.15) is 52.4 Å². The lowest BCUT2D eigenvalue weighted by molar-refractivity contribution is -0.143. The number of nitrogens with zero attached hydrogens (tertiary/aromatic N) is 1. The molecule has 0 saturated carbocycles. The summed E-state index contributed by atoms with van der Waals surface area (Å²) in [5.41, 5.74) is 21.5. The minimum atomic E-state index is -1.50. The highest BCUT2D eigenvalue weighted by molar-refractivity contribution is 5.96. The van der Waals surface area contributed by atoms with Gasteiger partial charge < -0.3 is 49.1 Å². The van der Waals surface area contributed by atoms with Crippen molar-refractivity contribution in [3.05, 3.63) is 0 Å². The van der Waals surface area contributed by atoms with E-state index in [1.807, 2.05) is 6.92 Å². The van der Waals surface area contributed by atoms with Crippen LogP contribution in [0.4, 0.5) is 0 Å². The van der Waals surface area contributed by atoms with Gasteiger partial charge >= 0.3 is 11.9 Å². The summed E-state index contributed by atoms with van der Waals surface area (Å²) in [6.07, 6.45) is -0.880. The number of nitrogens with one attached hydrogen (secondary N) is 3. The van der Waals surface area contributed by atoms with E-state index in [9.17, 15) is 33.9 Å². The fraction of sp³-hybridized carbons (Fsp3) is 0.667. The molecule has 0 saturated heterocycles. The number of carbonyl (C=O) groups is 6. The van der Waals surface area contributed by atoms with Crippen LogP contribution in [0.3, 0.4) is 0 Å². The van der Waals surface area contributed by atoms with E-state index in [2.05, 4.69) is 20.9 Å². The Labute approximate surface area is 214 Å². The molecule has 0 aromatic rings. The zero-order valence-electron chi connectivity index (χ0n) is 20.9. The van der Waals surface area contributed by atoms with Crippen LogP contribution in [-0.2, 0) is 28.8 Å². The van der Waals surface area contributed by atoms with Crippen LogP contribution in [0, 0.1) is 5.92 Å². The second kappa shape index (κ2) is 16.7. The molecule has 5 atom stereocenters. The normalized spacial score (nSPS) is 14.7. The molecule has 16 nitrogen and oxygen atoms in total. The molecule has 0 aliphatic carbocycles. The molecule has 0 aliphatic heterocycles. The minimum absolute atomic E-state index is 0.0642. The van der Waals surface area contributed by atoms with Gasteiger partial charge in [0.05, 0.1) is 12.5 Å². The van der Waals surface area contributed by atoms with Crippen molar-refractivity contribution in [2.45, 2.75) is 76.5 Å². The second-order valence-corrected chi connectivity index (χ2v) is 8.48. The monoisotopic (exact) mass is 530 g/mol. The highest BCUT2D eigenvalue weighted by Gasteiger charge is 2.32. The van der Waals surface area contributed by atoms with Crippen LogP contribution in [0.5, 0.6) is 0 Å². The quantitative estimate of drug-likeness (QED) is 0.0480. The largest absolute Gasteiger partial charge is 0.481 e. The molecule has 0 heterocycles. The molecule has 0 bridgehead atoms. The predicted molar refractivity (Wildman–Crippen MR) is 131 cm³/mol. The highest BCUT2D eigenvalue weighted by atomic mass is 16.4. The SMILES string of the molecule is CCC(C)C(N)C(=O)NC(CC(N)=O)C(=O)NC(CCC(=O)O)C(=O)NC(CCCN=C(N)N)C(=O)O. The number of carboxylic acid groups (broad SMARTS) is 2. The lowest BCUT2D eigenvalue weighted by atomic mass is 9.99. The van der Waals surface area contributed by atoms with Crippen LogP contribution in [0.25, 0.3) is 0 Å². The third-order valence-corrected chi connectivity index (χ3v) is 5.44. The van der Waals surface area contributed by atoms with Crippen molar-refractivity contribution < 1.29 is 39.0 Å². The van der Waals surface area contributed by atoms with Gasteiger partial charge in [-0.05, 0) is 25.2 Å². The van der Waals surface area contributed by atoms with Gasteiger partial charge in [-0.1, -0.05) is 20.3 Å². The summed E-state index contributed by atoms with van der Waals surface area (Å²) in [7, 11) is 0. The molecular weight excluding hydrogens is 492 g/mol. The van der Waals surface area contributed by atoms with Crippen molar-refractivity contribution in [2.24, 2.45) is 33.8 Å². The first kappa shape index (κ1) is 33.0. The van der Waals surface area contributed by atoms with Crippen molar-refractivity contribution in [3.8, 4) is 0 Å². The number of rotatable bonds is 18. The average molecular weight is 531 g/mol. The fourth-order valence-corrected chi connectivity index (χ4v) is 3.03. The average Bonchev–Trinajstić information content (AvgIpc) is 2.80. The lowest BCUT2D eigenvalue weighted by Gasteiger charge is -2.25. The van der Waals surface area contributed by atoms with Gasteiger partial charge in [0.2, 0.25) is 23.6 Å². The number of hydrogen-bond donors (Lipinski definition) is 9. The van der Waals surface area contributed by atoms with Gasteiger partial charge in [0.1, 0.15) is 18.1 Å². The predicted octanol–water partition coefficient (Wildman–Crippen LogP) is -3.31. The molecular formula is C21H38N8O8. The van der Waals surface area contributed by atoms with Crippen LogP contribution < -0.4 is 38.9 Å². The maximum Gasteiger partial charge on any atom is 0.326 e. The standard InChI is InChI=1S/C21H38N8O8/c1-3-10(2)16(23)19(35)29-13(9-14(22)30)18(34)27-11(6-7-15(31)32)17(33)28-12(20(36)37)5-4-8-26-21(24)25/h10-13,16H,3-9,23H2,1-2H3,(H2,22,30)(H,27,34)(H,28,33)(H,29,35)(H,31,32)(H,36,37)(H4,24,25,26). The molecule has 0 rings (SSSR count). The van der Waals surface area contributed by atoms with Crippen molar-refractivity contribution in [1.82, 2.24) is 16.0 Å². The molecule has 5 unspecified atom stereocenters. The second-order valence-electron chi connectivity index (χ2n) is 8.48. The summed E-state index contributed by atoms with van der Waals surface area (Å²) >= 11 is 0. The number of primary amides is 1. The van der Waals surface area contributed by atoms with Crippen LogP contribution in [0.15, 0.2) is 4.99 Å². The summed E-state index contributed by atoms with van der Waals surface area (Å²) in [4.78, 5) is 76.0. The smallest absolute Gasteiger partial charge is 0.326 e. The lowest BCUT2D eigenvalue weighted by Crippen LogP contribution is -2.58. The van der Waals surface area contributed by atoms with Crippen molar-refractivity contribution in [1.29, 1.82) is 0 Å². The first-order valence-electron chi connectivity index (χ1n) is 11.6. The zero-order chi connectivity index (χ0) is 28.7. The summed E-state index contributed by atoms with van der Waals surface area (Å²) < 4.78 is 0. The maximum absolute atomic E-state index is 12.9. The van der Waals surface area contributed by atoms with Gasteiger partial charge in [0, 0.05) is 13.0 Å². The molecule has 4 amide bonds. The maximum atomic E-state index is 12.9. The fourth-order valence-electron chi connectivity index (χ4n) is 3.03. The minimum Gasteiger partial charge on any atom is -0.481 e. The van der Waals surface area contributed by atoms with E-state index in [-0.39, 0.29) is 31.3 Å². The third-order valence-electron chi connectivity index (χ3n) is 5.44. The van der Waals surface area contributed by atoms with E-state index >= 15 is 0 Å². The first-order chi connectivity index (χ1) is 17.2. The Bertz CT molecular complexity index is 861. The Morgan fingerprint density at radius 3 is 1.86 bits per heavy atom. The molecule has 0 radical (unpaired) electrons. The molecule has 0 spiro atoms. The topological polar surface area (TPSA) is 295 Å². The number of carboxylic acids is 2. The first-order valence-corrected chi connectivity index (χ1v) is 11.6. The van der Waals surface area contributed by atoms with Gasteiger partial charge in [0.15, 0.2) is 5.96 Å². The molecule has 0 fully saturated rings. The van der Waals surface area contributed by atoms with Gasteiger partial charge in [-0.15, -0.1) is 0 Å². The van der Waals surface area contributed by atoms with E-state index in [0.29, 0.717) is 6.42 Å². The molecule has 0 aromatic carbocycles. The molecule has 37 heavy (non-hydrogen) atoms. The number of aliphatic carboxylic acids is 2. The number of carbonyl (C=O) groups excluding carboxylic acids is 4. The number of hydrogen-bond acceptors (Lipinski definition) is 8. The Morgan fingerprint density at radius 1 is 0.838 bits per heavy atom. The molecule has 210 valence electrons. The Balaban J connectivity index is 5.60. The van der Waals surface area contributed by atoms with Crippen molar-refractivity contribution >= 4 is 41.5 Å². The third kappa shape index (κ3) is 13.6. The Hall–Kier alpha value is -3.95. The van der Waals surface area contributed by atoms with Gasteiger partial charge in [-0.25, -0.2) is 4.79 Å². The van der Waals surface area contributed by atoms with E-state index in [1.54, 1.807) is 6.92 Å². The van der Waals surface area contributed by atoms with Crippen LogP contribution in [-0.4, -0.2) is 82.5 Å². The highest BCUT2D eigenvalue weighted by Crippen LogP contribution is 2.07. The summed E-state index contributed by atoms with van der Waals surface area (Å²) in [6.45, 7) is 3.63. The Kier molecular flexibility index (Phi) is 14.9. The molecule has 0 aromatic heterocycles. The summed E-state index contributed by atoms with van der Waals surface area (Å²) in [5, 5.41) is 25.3. The van der Waals surface area contributed by atoms with Gasteiger partial charge in [0.25, 0.3) is 0 Å². The van der Waals surface area contributed by atoms with Crippen molar-refractivity contribution in [2.75, 3.05) is 6.54 Å². The van der Waals surface area contributed by atoms with Gasteiger partial charge in [-0.2, -0.15) is 0 Å². The van der Waals surface area contributed by atoms with Crippen molar-refractivity contribution in [3.63, 3.8) is 0 Å². The van der Waals surface area contributed by atoms with Crippen LogP contribution >= 0.6 is 0 Å². The number of nitrogens with two attached hydrogens (primary N) is 4. The summed E-state index contributed by atoms with van der Waals surface area (Å²) in [5.74, 6) is -6.73. The van der Waals surface area contributed by atoms with Crippen LogP contribution in [0.2, 0.25) is 0 Å². The van der Waals surface area contributed by atoms with Gasteiger partial charge in [-0.3, -0.25) is 29.0 Å². The molecule has 16 heteroatoms. The summed E-state index contributed by atoms with van der Waals surface area (Å²) in [6, 6.07) is -5.39. The number of guanidine groups is 1. The van der Waals surface area contributed by atoms with E-state index in [1.165, 1.54) is 0 Å². The molecule has 13 N–H and O–H groups in total. The van der Waals surface area contributed by atoms with E-state index in [0.717, 1.165) is 0 Å².